The molecule has 74 valence electrons. The Bertz CT molecular complexity index is 273. The molecule has 0 radical (unpaired) electrons. The van der Waals surface area contributed by atoms with Gasteiger partial charge in [-0.15, -0.1) is 0 Å². The molecule has 4 heteroatoms. The molecule has 0 fully saturated rings. The molecule has 0 spiro atoms. The van der Waals surface area contributed by atoms with Crippen LogP contribution in [0.15, 0.2) is 6.20 Å². The van der Waals surface area contributed by atoms with Crippen LogP contribution in [0.2, 0.25) is 0 Å². The third kappa shape index (κ3) is 2.67. The van der Waals surface area contributed by atoms with Crippen LogP contribution in [0.5, 0.6) is 0 Å². The molecular weight excluding hydrogens is 279 g/mol. The standard InChI is InChI=1S/C9H15IN2O/c1-4-7(2)12-5-8(10)9(11-12)6-13-3/h5,7H,4,6H2,1-3H3/t7-/m1/s1. The minimum atomic E-state index is 0.471. The first-order valence-electron chi connectivity index (χ1n) is 4.41. The van der Waals surface area contributed by atoms with Crippen LogP contribution in [-0.4, -0.2) is 16.9 Å². The fourth-order valence-corrected chi connectivity index (χ4v) is 1.60. The van der Waals surface area contributed by atoms with Crippen LogP contribution < -0.4 is 0 Å². The molecule has 1 aromatic rings. The fraction of sp³-hybridized carbons (Fsp3) is 0.667. The van der Waals surface area contributed by atoms with Gasteiger partial charge in [-0.25, -0.2) is 0 Å². The van der Waals surface area contributed by atoms with Crippen molar-refractivity contribution in [2.24, 2.45) is 0 Å². The highest BCUT2D eigenvalue weighted by Gasteiger charge is 2.08. The molecule has 1 heterocycles. The average Bonchev–Trinajstić information content (AvgIpc) is 2.47. The second kappa shape index (κ2) is 4.95. The third-order valence-electron chi connectivity index (χ3n) is 2.08. The lowest BCUT2D eigenvalue weighted by molar-refractivity contribution is 0.180. The van der Waals surface area contributed by atoms with Crippen molar-refractivity contribution >= 4 is 22.6 Å². The van der Waals surface area contributed by atoms with Crippen molar-refractivity contribution < 1.29 is 4.74 Å². The molecule has 0 aliphatic carbocycles. The Morgan fingerprint density at radius 3 is 2.92 bits per heavy atom. The smallest absolute Gasteiger partial charge is 0.101 e. The molecule has 13 heavy (non-hydrogen) atoms. The van der Waals surface area contributed by atoms with Gasteiger partial charge in [-0.05, 0) is 35.9 Å². The van der Waals surface area contributed by atoms with Crippen LogP contribution in [-0.2, 0) is 11.3 Å². The lowest BCUT2D eigenvalue weighted by atomic mass is 10.3. The van der Waals surface area contributed by atoms with E-state index in [1.165, 1.54) is 3.57 Å². The molecule has 0 amide bonds. The summed E-state index contributed by atoms with van der Waals surface area (Å²) < 4.78 is 8.25. The first-order chi connectivity index (χ1) is 6.19. The molecule has 0 aliphatic rings. The van der Waals surface area contributed by atoms with Gasteiger partial charge < -0.3 is 4.74 Å². The second-order valence-corrected chi connectivity index (χ2v) is 4.26. The van der Waals surface area contributed by atoms with Crippen molar-refractivity contribution in [2.75, 3.05) is 7.11 Å². The maximum Gasteiger partial charge on any atom is 0.101 e. The molecule has 0 aromatic carbocycles. The summed E-state index contributed by atoms with van der Waals surface area (Å²) in [5, 5.41) is 4.45. The minimum absolute atomic E-state index is 0.471. The molecule has 1 atom stereocenters. The number of methoxy groups -OCH3 is 1. The van der Waals surface area contributed by atoms with E-state index in [1.807, 2.05) is 4.68 Å². The quantitative estimate of drug-likeness (QED) is 0.798. The summed E-state index contributed by atoms with van der Waals surface area (Å²) in [5.41, 5.74) is 1.03. The van der Waals surface area contributed by atoms with Crippen molar-refractivity contribution in [1.29, 1.82) is 0 Å². The largest absolute Gasteiger partial charge is 0.378 e. The number of hydrogen-bond acceptors (Lipinski definition) is 2. The lowest BCUT2D eigenvalue weighted by Gasteiger charge is -2.07. The Morgan fingerprint density at radius 2 is 2.38 bits per heavy atom. The van der Waals surface area contributed by atoms with Gasteiger partial charge in [0.2, 0.25) is 0 Å². The van der Waals surface area contributed by atoms with Crippen molar-refractivity contribution in [2.45, 2.75) is 32.9 Å². The van der Waals surface area contributed by atoms with Crippen molar-refractivity contribution in [3.63, 3.8) is 0 Å². The van der Waals surface area contributed by atoms with E-state index in [0.29, 0.717) is 12.6 Å². The van der Waals surface area contributed by atoms with Crippen LogP contribution >= 0.6 is 22.6 Å². The molecule has 0 aliphatic heterocycles. The highest BCUT2D eigenvalue weighted by Crippen LogP contribution is 2.16. The fourth-order valence-electron chi connectivity index (χ4n) is 1.05. The molecule has 0 N–H and O–H groups in total. The zero-order valence-corrected chi connectivity index (χ0v) is 10.4. The molecule has 0 unspecified atom stereocenters. The summed E-state index contributed by atoms with van der Waals surface area (Å²) in [5.74, 6) is 0. The summed E-state index contributed by atoms with van der Waals surface area (Å²) in [6, 6.07) is 0.471. The van der Waals surface area contributed by atoms with Gasteiger partial charge in [0.15, 0.2) is 0 Å². The van der Waals surface area contributed by atoms with Gasteiger partial charge in [-0.1, -0.05) is 6.92 Å². The zero-order chi connectivity index (χ0) is 9.84. The highest BCUT2D eigenvalue weighted by molar-refractivity contribution is 14.1. The zero-order valence-electron chi connectivity index (χ0n) is 8.25. The van der Waals surface area contributed by atoms with Gasteiger partial charge in [-0.2, -0.15) is 5.10 Å². The average molecular weight is 294 g/mol. The number of halogens is 1. The summed E-state index contributed by atoms with van der Waals surface area (Å²) >= 11 is 2.29. The van der Waals surface area contributed by atoms with E-state index in [2.05, 4.69) is 47.7 Å². The number of hydrogen-bond donors (Lipinski definition) is 0. The molecule has 3 nitrogen and oxygen atoms in total. The summed E-state index contributed by atoms with van der Waals surface area (Å²) in [7, 11) is 1.69. The van der Waals surface area contributed by atoms with E-state index in [0.717, 1.165) is 12.1 Å². The Morgan fingerprint density at radius 1 is 1.69 bits per heavy atom. The molecule has 1 aromatic heterocycles. The highest BCUT2D eigenvalue weighted by atomic mass is 127. The predicted molar refractivity (Wildman–Crippen MR) is 60.7 cm³/mol. The third-order valence-corrected chi connectivity index (χ3v) is 2.98. The molecule has 1 rings (SSSR count). The number of aromatic nitrogens is 2. The number of ether oxygens (including phenoxy) is 1. The lowest BCUT2D eigenvalue weighted by Crippen LogP contribution is -2.04. The molecular formula is C9H15IN2O. The topological polar surface area (TPSA) is 27.1 Å². The maximum atomic E-state index is 5.05. The number of rotatable bonds is 4. The Hall–Kier alpha value is -0.100. The first-order valence-corrected chi connectivity index (χ1v) is 5.49. The Kier molecular flexibility index (Phi) is 4.18. The van der Waals surface area contributed by atoms with Gasteiger partial charge in [0.05, 0.1) is 10.2 Å². The molecule has 0 saturated carbocycles. The maximum absolute atomic E-state index is 5.05. The van der Waals surface area contributed by atoms with Crippen LogP contribution in [0.3, 0.4) is 0 Å². The second-order valence-electron chi connectivity index (χ2n) is 3.09. The molecule has 0 bridgehead atoms. The van der Waals surface area contributed by atoms with Gasteiger partial charge >= 0.3 is 0 Å². The van der Waals surface area contributed by atoms with Gasteiger partial charge in [0.25, 0.3) is 0 Å². The molecule has 0 saturated heterocycles. The van der Waals surface area contributed by atoms with Crippen molar-refractivity contribution in [1.82, 2.24) is 9.78 Å². The summed E-state index contributed by atoms with van der Waals surface area (Å²) in [6.45, 7) is 4.93. The van der Waals surface area contributed by atoms with Gasteiger partial charge in [-0.3, -0.25) is 4.68 Å². The minimum Gasteiger partial charge on any atom is -0.378 e. The van der Waals surface area contributed by atoms with E-state index in [1.54, 1.807) is 7.11 Å². The van der Waals surface area contributed by atoms with Gasteiger partial charge in [0, 0.05) is 19.3 Å². The predicted octanol–water partition coefficient (Wildman–Crippen LogP) is 2.61. The van der Waals surface area contributed by atoms with Crippen molar-refractivity contribution in [3.05, 3.63) is 15.5 Å². The van der Waals surface area contributed by atoms with Crippen LogP contribution in [0.4, 0.5) is 0 Å². The van der Waals surface area contributed by atoms with Crippen LogP contribution in [0, 0.1) is 3.57 Å². The van der Waals surface area contributed by atoms with Crippen molar-refractivity contribution in [3.8, 4) is 0 Å². The van der Waals surface area contributed by atoms with Gasteiger partial charge in [0.1, 0.15) is 5.69 Å². The van der Waals surface area contributed by atoms with E-state index in [9.17, 15) is 0 Å². The summed E-state index contributed by atoms with van der Waals surface area (Å²) in [4.78, 5) is 0. The normalized spacial score (nSPS) is 13.2. The first kappa shape index (κ1) is 11.0. The monoisotopic (exact) mass is 294 g/mol. The van der Waals surface area contributed by atoms with E-state index in [-0.39, 0.29) is 0 Å². The SMILES string of the molecule is CC[C@@H](C)n1cc(I)c(COC)n1. The Balaban J connectivity index is 2.81. The van der Waals surface area contributed by atoms with E-state index in [4.69, 9.17) is 4.74 Å². The Labute approximate surface area is 92.6 Å². The van der Waals surface area contributed by atoms with E-state index < -0.39 is 0 Å². The number of nitrogens with zero attached hydrogens (tertiary/aromatic N) is 2. The van der Waals surface area contributed by atoms with Crippen LogP contribution in [0.1, 0.15) is 32.0 Å². The van der Waals surface area contributed by atoms with E-state index >= 15 is 0 Å². The summed E-state index contributed by atoms with van der Waals surface area (Å²) in [6.07, 6.45) is 3.17. The van der Waals surface area contributed by atoms with Crippen LogP contribution in [0.25, 0.3) is 0 Å².